The zero-order valence-corrected chi connectivity index (χ0v) is 17.8. The van der Waals surface area contributed by atoms with E-state index in [1.807, 2.05) is 4.90 Å². The SMILES string of the molecule is C[C@H](O)[C@@H]1C(=O)N2C(C(=O)O)=C(SC3CCN(C(C=O)c4ccccc4O)C3)S[C@H]12. The molecule has 2 fully saturated rings. The number of rotatable bonds is 7. The molecule has 2 saturated heterocycles. The molecular formula is C20H22N2O6S2. The summed E-state index contributed by atoms with van der Waals surface area (Å²) in [5.74, 6) is -2.04. The number of para-hydroxylation sites is 1. The number of aliphatic carboxylic acids is 1. The van der Waals surface area contributed by atoms with E-state index in [-0.39, 0.29) is 28.0 Å². The van der Waals surface area contributed by atoms with E-state index in [1.165, 1.54) is 28.4 Å². The van der Waals surface area contributed by atoms with E-state index in [0.717, 1.165) is 12.7 Å². The number of fused-ring (bicyclic) bond motifs is 1. The van der Waals surface area contributed by atoms with Crippen molar-refractivity contribution in [3.63, 3.8) is 0 Å². The third kappa shape index (κ3) is 3.51. The number of carbonyl (C=O) groups excluding carboxylic acids is 2. The number of nitrogens with zero attached hydrogens (tertiary/aromatic N) is 2. The van der Waals surface area contributed by atoms with Crippen LogP contribution >= 0.6 is 23.5 Å². The Kier molecular flexibility index (Phi) is 5.84. The van der Waals surface area contributed by atoms with E-state index >= 15 is 0 Å². The maximum absolute atomic E-state index is 12.3. The van der Waals surface area contributed by atoms with Gasteiger partial charge in [-0.1, -0.05) is 30.0 Å². The van der Waals surface area contributed by atoms with Crippen LogP contribution in [0.4, 0.5) is 0 Å². The minimum atomic E-state index is -1.15. The van der Waals surface area contributed by atoms with E-state index < -0.39 is 24.0 Å². The summed E-state index contributed by atoms with van der Waals surface area (Å²) in [6.45, 7) is 2.73. The lowest BCUT2D eigenvalue weighted by Crippen LogP contribution is -2.60. The molecule has 2 unspecified atom stereocenters. The van der Waals surface area contributed by atoms with Gasteiger partial charge in [0.2, 0.25) is 5.91 Å². The van der Waals surface area contributed by atoms with Gasteiger partial charge in [-0.3, -0.25) is 14.6 Å². The van der Waals surface area contributed by atoms with Gasteiger partial charge in [0, 0.05) is 23.9 Å². The number of carboxylic acid groups (broad SMARTS) is 1. The molecule has 0 spiro atoms. The van der Waals surface area contributed by atoms with Crippen LogP contribution in [0.2, 0.25) is 0 Å². The molecule has 0 saturated carbocycles. The molecular weight excluding hydrogens is 428 g/mol. The summed E-state index contributed by atoms with van der Waals surface area (Å²) in [4.78, 5) is 39.1. The molecule has 3 heterocycles. The van der Waals surface area contributed by atoms with Crippen LogP contribution in [0.5, 0.6) is 5.75 Å². The van der Waals surface area contributed by atoms with Gasteiger partial charge in [0.1, 0.15) is 17.4 Å². The Morgan fingerprint density at radius 1 is 1.37 bits per heavy atom. The van der Waals surface area contributed by atoms with Crippen molar-refractivity contribution in [2.24, 2.45) is 5.92 Å². The van der Waals surface area contributed by atoms with Crippen molar-refractivity contribution in [3.05, 3.63) is 39.8 Å². The number of amides is 1. The van der Waals surface area contributed by atoms with Crippen LogP contribution < -0.4 is 0 Å². The fourth-order valence-electron chi connectivity index (χ4n) is 4.18. The van der Waals surface area contributed by atoms with Crippen molar-refractivity contribution >= 4 is 41.7 Å². The Balaban J connectivity index is 1.48. The van der Waals surface area contributed by atoms with Gasteiger partial charge in [-0.05, 0) is 19.4 Å². The number of thioether (sulfide) groups is 2. The lowest BCUT2D eigenvalue weighted by atomic mass is 9.92. The molecule has 5 atom stereocenters. The fraction of sp³-hybridized carbons (Fsp3) is 0.450. The molecule has 0 aliphatic carbocycles. The molecule has 0 bridgehead atoms. The average molecular weight is 451 g/mol. The minimum Gasteiger partial charge on any atom is -0.508 e. The number of hydrogen-bond donors (Lipinski definition) is 3. The van der Waals surface area contributed by atoms with E-state index in [0.29, 0.717) is 22.9 Å². The van der Waals surface area contributed by atoms with Gasteiger partial charge in [-0.15, -0.1) is 11.8 Å². The second kappa shape index (κ2) is 8.26. The quantitative estimate of drug-likeness (QED) is 0.420. The van der Waals surface area contributed by atoms with Crippen LogP contribution in [0.3, 0.4) is 0 Å². The smallest absolute Gasteiger partial charge is 0.354 e. The number of phenolic OH excluding ortho intramolecular Hbond substituents is 1. The highest BCUT2D eigenvalue weighted by Gasteiger charge is 2.58. The van der Waals surface area contributed by atoms with Crippen LogP contribution in [0.25, 0.3) is 0 Å². The number of benzene rings is 1. The van der Waals surface area contributed by atoms with Crippen LogP contribution in [-0.2, 0) is 14.4 Å². The van der Waals surface area contributed by atoms with Crippen LogP contribution in [0.1, 0.15) is 24.9 Å². The van der Waals surface area contributed by atoms with E-state index in [1.54, 1.807) is 31.2 Å². The highest BCUT2D eigenvalue weighted by molar-refractivity contribution is 8.23. The summed E-state index contributed by atoms with van der Waals surface area (Å²) >= 11 is 2.73. The van der Waals surface area contributed by atoms with Crippen molar-refractivity contribution in [1.29, 1.82) is 0 Å². The molecule has 0 radical (unpaired) electrons. The number of β-lactam (4-membered cyclic amide) rings is 1. The molecule has 30 heavy (non-hydrogen) atoms. The molecule has 1 amide bonds. The van der Waals surface area contributed by atoms with Gasteiger partial charge < -0.3 is 20.1 Å². The largest absolute Gasteiger partial charge is 0.508 e. The summed E-state index contributed by atoms with van der Waals surface area (Å²) in [5, 5.41) is 29.3. The third-order valence-corrected chi connectivity index (χ3v) is 8.55. The first-order valence-corrected chi connectivity index (χ1v) is 11.4. The van der Waals surface area contributed by atoms with Gasteiger partial charge in [0.05, 0.1) is 22.3 Å². The fourth-order valence-corrected chi connectivity index (χ4v) is 7.52. The number of carboxylic acids is 1. The van der Waals surface area contributed by atoms with Crippen LogP contribution in [0.15, 0.2) is 34.2 Å². The zero-order valence-electron chi connectivity index (χ0n) is 16.2. The minimum absolute atomic E-state index is 0.0111. The molecule has 10 heteroatoms. The van der Waals surface area contributed by atoms with Crippen molar-refractivity contribution in [2.45, 2.75) is 36.1 Å². The normalized spacial score (nSPS) is 28.3. The Hall–Kier alpha value is -2.01. The predicted octanol–water partition coefficient (Wildman–Crippen LogP) is 1.61. The molecule has 3 N–H and O–H groups in total. The monoisotopic (exact) mass is 450 g/mol. The summed E-state index contributed by atoms with van der Waals surface area (Å²) in [6, 6.07) is 6.17. The van der Waals surface area contributed by atoms with Crippen molar-refractivity contribution in [3.8, 4) is 5.75 Å². The highest BCUT2D eigenvalue weighted by atomic mass is 32.2. The van der Waals surface area contributed by atoms with Crippen molar-refractivity contribution in [2.75, 3.05) is 13.1 Å². The van der Waals surface area contributed by atoms with E-state index in [2.05, 4.69) is 0 Å². The first-order chi connectivity index (χ1) is 14.3. The maximum Gasteiger partial charge on any atom is 0.354 e. The van der Waals surface area contributed by atoms with E-state index in [9.17, 15) is 29.7 Å². The molecule has 3 aliphatic heterocycles. The summed E-state index contributed by atoms with van der Waals surface area (Å²) in [5.41, 5.74) is 0.538. The number of phenols is 1. The lowest BCUT2D eigenvalue weighted by Gasteiger charge is -2.43. The first-order valence-electron chi connectivity index (χ1n) is 9.62. The molecule has 1 aromatic rings. The number of aromatic hydroxyl groups is 1. The number of likely N-dealkylation sites (tertiary alicyclic amines) is 1. The number of hydrogen-bond acceptors (Lipinski definition) is 8. The third-order valence-electron chi connectivity index (χ3n) is 5.70. The highest BCUT2D eigenvalue weighted by Crippen LogP contribution is 2.55. The lowest BCUT2D eigenvalue weighted by molar-refractivity contribution is -0.156. The standard InChI is InChI=1S/C20H22N2O6S2/c1-10(24)15-17(26)22-16(19(27)28)20(30-18(15)22)29-11-6-7-21(8-11)13(9-23)12-4-2-3-5-14(12)25/h2-5,9-11,13,15,18,24-25H,6-8H2,1H3,(H,27,28)/t10-,11?,13?,15+,18+/m0/s1. The second-order valence-electron chi connectivity index (χ2n) is 7.59. The van der Waals surface area contributed by atoms with E-state index in [4.69, 9.17) is 0 Å². The molecule has 1 aromatic carbocycles. The van der Waals surface area contributed by atoms with Crippen molar-refractivity contribution in [1.82, 2.24) is 9.80 Å². The molecule has 0 aromatic heterocycles. The van der Waals surface area contributed by atoms with Gasteiger partial charge in [0.25, 0.3) is 0 Å². The number of aliphatic hydroxyl groups is 1. The second-order valence-corrected chi connectivity index (χ2v) is 10.3. The van der Waals surface area contributed by atoms with Crippen LogP contribution in [-0.4, -0.2) is 73.1 Å². The molecule has 8 nitrogen and oxygen atoms in total. The number of aldehydes is 1. The maximum atomic E-state index is 12.3. The molecule has 3 aliphatic rings. The zero-order chi connectivity index (χ0) is 21.6. The topological polar surface area (TPSA) is 118 Å². The summed E-state index contributed by atoms with van der Waals surface area (Å²) < 4.78 is 0.570. The predicted molar refractivity (Wildman–Crippen MR) is 113 cm³/mol. The Morgan fingerprint density at radius 3 is 2.73 bits per heavy atom. The Labute approximate surface area is 181 Å². The first kappa shape index (κ1) is 21.2. The summed E-state index contributed by atoms with van der Waals surface area (Å²) in [6.07, 6.45) is 0.726. The van der Waals surface area contributed by atoms with Gasteiger partial charge in [0.15, 0.2) is 5.70 Å². The Morgan fingerprint density at radius 2 is 2.10 bits per heavy atom. The number of carbonyl (C=O) groups is 3. The van der Waals surface area contributed by atoms with Gasteiger partial charge >= 0.3 is 5.97 Å². The average Bonchev–Trinajstić information content (AvgIpc) is 3.27. The van der Waals surface area contributed by atoms with Crippen molar-refractivity contribution < 1.29 is 29.7 Å². The number of aliphatic hydroxyl groups excluding tert-OH is 1. The molecule has 4 rings (SSSR count). The van der Waals surface area contributed by atoms with Crippen LogP contribution in [0, 0.1) is 5.92 Å². The van der Waals surface area contributed by atoms with Gasteiger partial charge in [-0.2, -0.15) is 0 Å². The van der Waals surface area contributed by atoms with Gasteiger partial charge in [-0.25, -0.2) is 4.79 Å². The Bertz CT molecular complexity index is 920. The molecule has 160 valence electrons. The summed E-state index contributed by atoms with van der Waals surface area (Å²) in [7, 11) is 0.